The molecule has 2 aliphatic heterocycles. The van der Waals surface area contributed by atoms with Crippen molar-refractivity contribution in [2.75, 3.05) is 44.2 Å². The molecule has 0 bridgehead atoms. The Morgan fingerprint density at radius 1 is 1.10 bits per heavy atom. The average molecular weight is 417 g/mol. The monoisotopic (exact) mass is 417 g/mol. The van der Waals surface area contributed by atoms with Crippen LogP contribution in [0, 0.1) is 17.1 Å². The average Bonchev–Trinajstić information content (AvgIpc) is 3.17. The van der Waals surface area contributed by atoms with Crippen molar-refractivity contribution < 1.29 is 9.18 Å². The van der Waals surface area contributed by atoms with Crippen LogP contribution in [0.25, 0.3) is 10.9 Å². The molecule has 0 atom stereocenters. The number of aromatic amines is 1. The molecule has 0 aliphatic carbocycles. The van der Waals surface area contributed by atoms with E-state index in [1.54, 1.807) is 12.1 Å². The number of nitriles is 1. The molecule has 0 unspecified atom stereocenters. The Hall–Kier alpha value is -3.37. The highest BCUT2D eigenvalue weighted by Gasteiger charge is 2.27. The Labute approximate surface area is 180 Å². The maximum Gasteiger partial charge on any atom is 0.237 e. The van der Waals surface area contributed by atoms with E-state index in [2.05, 4.69) is 22.0 Å². The quantitative estimate of drug-likeness (QED) is 0.712. The van der Waals surface area contributed by atoms with E-state index in [4.69, 9.17) is 5.26 Å². The highest BCUT2D eigenvalue weighted by Crippen LogP contribution is 2.28. The molecule has 2 aromatic carbocycles. The molecule has 31 heavy (non-hydrogen) atoms. The number of hydrogen-bond donors (Lipinski definition) is 1. The van der Waals surface area contributed by atoms with Crippen LogP contribution in [0.2, 0.25) is 0 Å². The third kappa shape index (κ3) is 3.75. The fraction of sp³-hybridized carbons (Fsp3) is 0.333. The number of H-pyrrole nitrogens is 1. The van der Waals surface area contributed by atoms with Crippen LogP contribution in [0.4, 0.5) is 10.1 Å². The molecule has 0 radical (unpaired) electrons. The van der Waals surface area contributed by atoms with Crippen molar-refractivity contribution in [3.8, 4) is 6.07 Å². The van der Waals surface area contributed by atoms with Crippen molar-refractivity contribution in [2.24, 2.45) is 0 Å². The number of halogens is 1. The number of carbonyl (C=O) groups is 1. The minimum Gasteiger partial charge on any atom is -0.367 e. The summed E-state index contributed by atoms with van der Waals surface area (Å²) < 4.78 is 14.3. The van der Waals surface area contributed by atoms with E-state index in [9.17, 15) is 9.18 Å². The zero-order valence-corrected chi connectivity index (χ0v) is 17.3. The molecule has 0 saturated carbocycles. The van der Waals surface area contributed by atoms with Gasteiger partial charge in [0.15, 0.2) is 0 Å². The Morgan fingerprint density at radius 2 is 1.90 bits per heavy atom. The Morgan fingerprint density at radius 3 is 2.68 bits per heavy atom. The molecule has 7 heteroatoms. The van der Waals surface area contributed by atoms with E-state index < -0.39 is 0 Å². The number of nitrogens with zero attached hydrogens (tertiary/aromatic N) is 4. The predicted molar refractivity (Wildman–Crippen MR) is 117 cm³/mol. The van der Waals surface area contributed by atoms with Gasteiger partial charge in [-0.25, -0.2) is 4.39 Å². The van der Waals surface area contributed by atoms with Crippen LogP contribution in [0.15, 0.2) is 42.5 Å². The number of fused-ring (bicyclic) bond motifs is 3. The van der Waals surface area contributed by atoms with Crippen LogP contribution in [0.3, 0.4) is 0 Å². The molecule has 158 valence electrons. The Balaban J connectivity index is 1.19. The first-order valence-corrected chi connectivity index (χ1v) is 10.7. The van der Waals surface area contributed by atoms with Gasteiger partial charge in [-0.15, -0.1) is 0 Å². The van der Waals surface area contributed by atoms with Gasteiger partial charge in [0.1, 0.15) is 5.82 Å². The normalized spacial score (nSPS) is 16.9. The summed E-state index contributed by atoms with van der Waals surface area (Å²) in [5.74, 6) is -0.222. The van der Waals surface area contributed by atoms with Crippen molar-refractivity contribution in [3.05, 3.63) is 65.1 Å². The summed E-state index contributed by atoms with van der Waals surface area (Å²) >= 11 is 0. The lowest BCUT2D eigenvalue weighted by Crippen LogP contribution is -2.50. The number of aromatic nitrogens is 1. The highest BCUT2D eigenvalue weighted by atomic mass is 19.1. The van der Waals surface area contributed by atoms with Gasteiger partial charge in [-0.1, -0.05) is 18.2 Å². The molecule has 2 aliphatic rings. The van der Waals surface area contributed by atoms with Gasteiger partial charge in [0, 0.05) is 67.8 Å². The second kappa shape index (κ2) is 8.05. The second-order valence-electron chi connectivity index (χ2n) is 8.23. The fourth-order valence-electron chi connectivity index (χ4n) is 4.65. The summed E-state index contributed by atoms with van der Waals surface area (Å²) in [5.41, 5.74) is 4.45. The first kappa shape index (κ1) is 19.6. The predicted octanol–water partition coefficient (Wildman–Crippen LogP) is 2.89. The summed E-state index contributed by atoms with van der Waals surface area (Å²) in [6.07, 6.45) is 0.849. The van der Waals surface area contributed by atoms with Gasteiger partial charge in [-0.05, 0) is 24.3 Å². The zero-order valence-electron chi connectivity index (χ0n) is 17.3. The van der Waals surface area contributed by atoms with Gasteiger partial charge in [-0.2, -0.15) is 5.26 Å². The van der Waals surface area contributed by atoms with Crippen molar-refractivity contribution in [2.45, 2.75) is 13.0 Å². The number of benzene rings is 2. The van der Waals surface area contributed by atoms with Gasteiger partial charge < -0.3 is 14.8 Å². The molecule has 1 aromatic heterocycles. The lowest BCUT2D eigenvalue weighted by atomic mass is 10.0. The molecule has 6 nitrogen and oxygen atoms in total. The topological polar surface area (TPSA) is 66.4 Å². The number of piperazine rings is 1. The van der Waals surface area contributed by atoms with Crippen molar-refractivity contribution >= 4 is 22.5 Å². The van der Waals surface area contributed by atoms with Crippen LogP contribution in [0.1, 0.15) is 16.8 Å². The van der Waals surface area contributed by atoms with Crippen LogP contribution < -0.4 is 4.90 Å². The van der Waals surface area contributed by atoms with Gasteiger partial charge in [-0.3, -0.25) is 9.69 Å². The fourth-order valence-corrected chi connectivity index (χ4v) is 4.65. The summed E-state index contributed by atoms with van der Waals surface area (Å²) in [7, 11) is 0. The molecule has 3 heterocycles. The maximum atomic E-state index is 14.3. The summed E-state index contributed by atoms with van der Waals surface area (Å²) in [6.45, 7) is 4.49. The molecule has 1 N–H and O–H groups in total. The largest absolute Gasteiger partial charge is 0.367 e. The van der Waals surface area contributed by atoms with Crippen molar-refractivity contribution in [1.29, 1.82) is 5.26 Å². The van der Waals surface area contributed by atoms with Crippen molar-refractivity contribution in [1.82, 2.24) is 14.8 Å². The van der Waals surface area contributed by atoms with Crippen LogP contribution in [-0.4, -0.2) is 60.0 Å². The van der Waals surface area contributed by atoms with E-state index >= 15 is 0 Å². The number of carbonyl (C=O) groups excluding carboxylic acids is 1. The number of nitrogens with one attached hydrogen (secondary N) is 1. The minimum atomic E-state index is -0.369. The molecule has 1 saturated heterocycles. The van der Waals surface area contributed by atoms with E-state index in [0.717, 1.165) is 18.5 Å². The Kier molecular flexibility index (Phi) is 5.08. The van der Waals surface area contributed by atoms with Crippen LogP contribution in [0.5, 0.6) is 0 Å². The van der Waals surface area contributed by atoms with Gasteiger partial charge in [0.2, 0.25) is 5.91 Å². The van der Waals surface area contributed by atoms with Gasteiger partial charge >= 0.3 is 0 Å². The van der Waals surface area contributed by atoms with Crippen LogP contribution in [-0.2, 0) is 17.8 Å². The van der Waals surface area contributed by atoms with E-state index in [1.165, 1.54) is 22.7 Å². The first-order chi connectivity index (χ1) is 15.1. The number of rotatable bonds is 3. The molecular formula is C24H24FN5O. The van der Waals surface area contributed by atoms with Crippen molar-refractivity contribution in [3.63, 3.8) is 0 Å². The highest BCUT2D eigenvalue weighted by molar-refractivity contribution is 5.86. The minimum absolute atomic E-state index is 0.147. The second-order valence-corrected chi connectivity index (χ2v) is 8.23. The lowest BCUT2D eigenvalue weighted by molar-refractivity contribution is -0.133. The maximum absolute atomic E-state index is 14.3. The summed E-state index contributed by atoms with van der Waals surface area (Å²) in [4.78, 5) is 22.5. The van der Waals surface area contributed by atoms with E-state index in [1.807, 2.05) is 28.0 Å². The number of anilines is 1. The Bertz CT molecular complexity index is 1170. The molecular weight excluding hydrogens is 393 g/mol. The molecule has 1 amide bonds. The van der Waals surface area contributed by atoms with Crippen LogP contribution >= 0.6 is 0 Å². The lowest BCUT2D eigenvalue weighted by Gasteiger charge is -2.37. The van der Waals surface area contributed by atoms with E-state index in [0.29, 0.717) is 50.5 Å². The zero-order chi connectivity index (χ0) is 21.4. The number of hydrogen-bond acceptors (Lipinski definition) is 4. The van der Waals surface area contributed by atoms with E-state index in [-0.39, 0.29) is 11.7 Å². The summed E-state index contributed by atoms with van der Waals surface area (Å²) in [6, 6.07) is 14.8. The third-order valence-electron chi connectivity index (χ3n) is 6.38. The van der Waals surface area contributed by atoms with Gasteiger partial charge in [0.25, 0.3) is 0 Å². The molecule has 0 spiro atoms. The third-order valence-corrected chi connectivity index (χ3v) is 6.38. The SMILES string of the molecule is N#Cc1ccc(N2CCN(CC(=O)N3CCc4[nH]c5ccccc5c4C3)CC2)c(F)c1. The molecule has 3 aromatic rings. The standard InChI is InChI=1S/C24H24FN5O/c25-20-13-17(14-26)5-6-23(20)29-11-9-28(10-12-29)16-24(31)30-8-7-22-19(15-30)18-3-1-2-4-21(18)27-22/h1-6,13,27H,7-12,15-16H2. The molecule has 1 fully saturated rings. The first-order valence-electron chi connectivity index (χ1n) is 10.7. The molecule has 5 rings (SSSR count). The van der Waals surface area contributed by atoms with Gasteiger partial charge in [0.05, 0.1) is 23.9 Å². The smallest absolute Gasteiger partial charge is 0.237 e. The number of para-hydroxylation sites is 1. The number of amides is 1. The summed E-state index contributed by atoms with van der Waals surface area (Å²) in [5, 5.41) is 10.1.